The number of hydrogen-bond donors (Lipinski definition) is 1. The Morgan fingerprint density at radius 1 is 0.972 bits per heavy atom. The summed E-state index contributed by atoms with van der Waals surface area (Å²) in [6.07, 6.45) is -0.540. The highest BCUT2D eigenvalue weighted by molar-refractivity contribution is 5.96. The highest BCUT2D eigenvalue weighted by Gasteiger charge is 2.40. The summed E-state index contributed by atoms with van der Waals surface area (Å²) in [5.74, 6) is -7.61. The summed E-state index contributed by atoms with van der Waals surface area (Å²) in [4.78, 5) is 32.8. The summed E-state index contributed by atoms with van der Waals surface area (Å²) in [6.45, 7) is 2.08. The molecule has 0 spiro atoms. The van der Waals surface area contributed by atoms with Crippen molar-refractivity contribution in [3.05, 3.63) is 95.3 Å². The van der Waals surface area contributed by atoms with Crippen molar-refractivity contribution in [3.63, 3.8) is 0 Å². The smallest absolute Gasteiger partial charge is 0.247 e. The third kappa shape index (κ3) is 3.98. The van der Waals surface area contributed by atoms with Gasteiger partial charge in [-0.2, -0.15) is 0 Å². The molecule has 1 N–H and O–H groups in total. The average Bonchev–Trinajstić information content (AvgIpc) is 3.26. The van der Waals surface area contributed by atoms with Gasteiger partial charge in [-0.25, -0.2) is 22.5 Å². The lowest BCUT2D eigenvalue weighted by Gasteiger charge is -2.38. The molecule has 0 saturated carbocycles. The van der Waals surface area contributed by atoms with Crippen LogP contribution in [-0.2, 0) is 16.1 Å². The summed E-state index contributed by atoms with van der Waals surface area (Å²) in [7, 11) is 0. The molecule has 0 saturated heterocycles. The lowest BCUT2D eigenvalue weighted by Crippen LogP contribution is -2.45. The average molecular weight is 496 g/mol. The fourth-order valence-corrected chi connectivity index (χ4v) is 4.54. The number of para-hydroxylation sites is 2. The van der Waals surface area contributed by atoms with E-state index in [1.165, 1.54) is 0 Å². The minimum atomic E-state index is -1.73. The Labute approximate surface area is 203 Å². The molecule has 5 rings (SSSR count). The van der Waals surface area contributed by atoms with E-state index in [0.717, 1.165) is 5.56 Å². The zero-order chi connectivity index (χ0) is 25.6. The number of hydrogen-bond acceptors (Lipinski definition) is 3. The van der Waals surface area contributed by atoms with Crippen molar-refractivity contribution in [1.29, 1.82) is 0 Å². The number of halogens is 4. The van der Waals surface area contributed by atoms with Crippen molar-refractivity contribution in [2.24, 2.45) is 0 Å². The van der Waals surface area contributed by atoms with Gasteiger partial charge in [-0.1, -0.05) is 42.5 Å². The number of rotatable bonds is 5. The van der Waals surface area contributed by atoms with Gasteiger partial charge in [0.05, 0.1) is 23.5 Å². The second kappa shape index (κ2) is 9.10. The van der Waals surface area contributed by atoms with Crippen LogP contribution >= 0.6 is 0 Å². The van der Waals surface area contributed by atoms with Crippen LogP contribution in [0.2, 0.25) is 0 Å². The maximum atomic E-state index is 14.1. The number of benzene rings is 3. The van der Waals surface area contributed by atoms with E-state index >= 15 is 0 Å². The molecule has 2 heterocycles. The molecule has 10 heteroatoms. The number of imidazole rings is 1. The van der Waals surface area contributed by atoms with Crippen molar-refractivity contribution in [2.45, 2.75) is 32.0 Å². The van der Waals surface area contributed by atoms with Gasteiger partial charge in [0.15, 0.2) is 23.3 Å². The highest BCUT2D eigenvalue weighted by atomic mass is 19.2. The summed E-state index contributed by atoms with van der Waals surface area (Å²) in [5, 5.41) is 1.90. The maximum Gasteiger partial charge on any atom is 0.247 e. The molecule has 0 radical (unpaired) electrons. The molecule has 3 aromatic carbocycles. The minimum absolute atomic E-state index is 0.0533. The number of aromatic nitrogens is 2. The molecule has 1 aliphatic heterocycles. The molecular weight excluding hydrogens is 476 g/mol. The van der Waals surface area contributed by atoms with Crippen LogP contribution < -0.4 is 5.32 Å². The van der Waals surface area contributed by atoms with Gasteiger partial charge >= 0.3 is 0 Å². The number of amides is 2. The molecule has 2 amide bonds. The standard InChI is InChI=1S/C26H20F4N4O2/c1-14-25-31-18-9-5-6-10-19(18)34(25)20(26(36)33(14)13-15-7-3-2-4-8-15)12-21(35)32-24-22(29)16(27)11-17(28)23(24)30/h2-11,14,20H,12-13H2,1H3,(H,32,35)/t14-,20-/m1/s1. The van der Waals surface area contributed by atoms with Crippen molar-refractivity contribution < 1.29 is 27.2 Å². The Hall–Kier alpha value is -4.21. The summed E-state index contributed by atoms with van der Waals surface area (Å²) in [5.41, 5.74) is 0.846. The van der Waals surface area contributed by atoms with Crippen LogP contribution in [0.25, 0.3) is 11.0 Å². The Morgan fingerprint density at radius 2 is 1.61 bits per heavy atom. The predicted molar refractivity (Wildman–Crippen MR) is 124 cm³/mol. The number of fused-ring (bicyclic) bond motifs is 3. The molecular formula is C26H20F4N4O2. The zero-order valence-corrected chi connectivity index (χ0v) is 19.0. The van der Waals surface area contributed by atoms with E-state index in [-0.39, 0.29) is 12.6 Å². The van der Waals surface area contributed by atoms with Gasteiger partial charge in [-0.05, 0) is 24.6 Å². The molecule has 0 bridgehead atoms. The molecule has 184 valence electrons. The maximum absolute atomic E-state index is 14.1. The van der Waals surface area contributed by atoms with Gasteiger partial charge in [-0.15, -0.1) is 0 Å². The summed E-state index contributed by atoms with van der Waals surface area (Å²) < 4.78 is 57.1. The Balaban J connectivity index is 1.53. The van der Waals surface area contributed by atoms with Gasteiger partial charge in [0.1, 0.15) is 17.6 Å². The van der Waals surface area contributed by atoms with Crippen LogP contribution in [0.3, 0.4) is 0 Å². The SMILES string of the molecule is C[C@@H]1c2nc3ccccc3n2[C@H](CC(=O)Nc2c(F)c(F)cc(F)c2F)C(=O)N1Cc1ccccc1. The van der Waals surface area contributed by atoms with Crippen molar-refractivity contribution in [3.8, 4) is 0 Å². The van der Waals surface area contributed by atoms with Crippen LogP contribution in [0.4, 0.5) is 23.2 Å². The van der Waals surface area contributed by atoms with E-state index in [9.17, 15) is 27.2 Å². The van der Waals surface area contributed by atoms with Gasteiger partial charge in [0.2, 0.25) is 11.8 Å². The second-order valence-corrected chi connectivity index (χ2v) is 8.57. The molecule has 0 fully saturated rings. The van der Waals surface area contributed by atoms with Crippen LogP contribution in [0.1, 0.15) is 36.8 Å². The van der Waals surface area contributed by atoms with Crippen LogP contribution in [0.15, 0.2) is 60.7 Å². The molecule has 2 atom stereocenters. The van der Waals surface area contributed by atoms with Gasteiger partial charge in [0, 0.05) is 12.6 Å². The quantitative estimate of drug-likeness (QED) is 0.303. The Morgan fingerprint density at radius 3 is 2.31 bits per heavy atom. The lowest BCUT2D eigenvalue weighted by molar-refractivity contribution is -0.142. The summed E-state index contributed by atoms with van der Waals surface area (Å²) in [6, 6.07) is 14.9. The zero-order valence-electron chi connectivity index (χ0n) is 19.0. The van der Waals surface area contributed by atoms with E-state index in [0.29, 0.717) is 16.9 Å². The largest absolute Gasteiger partial charge is 0.327 e. The molecule has 36 heavy (non-hydrogen) atoms. The Kier molecular flexibility index (Phi) is 5.95. The van der Waals surface area contributed by atoms with E-state index in [1.54, 1.807) is 33.7 Å². The first-order valence-corrected chi connectivity index (χ1v) is 11.2. The van der Waals surface area contributed by atoms with Crippen molar-refractivity contribution in [1.82, 2.24) is 14.5 Å². The predicted octanol–water partition coefficient (Wildman–Crippen LogP) is 5.27. The monoisotopic (exact) mass is 496 g/mol. The first-order chi connectivity index (χ1) is 17.3. The number of nitrogens with zero attached hydrogens (tertiary/aromatic N) is 3. The van der Waals surface area contributed by atoms with Crippen LogP contribution in [-0.4, -0.2) is 26.3 Å². The van der Waals surface area contributed by atoms with Gasteiger partial charge < -0.3 is 14.8 Å². The highest BCUT2D eigenvalue weighted by Crippen LogP contribution is 2.37. The molecule has 4 aromatic rings. The van der Waals surface area contributed by atoms with E-state index in [4.69, 9.17) is 0 Å². The summed E-state index contributed by atoms with van der Waals surface area (Å²) >= 11 is 0. The molecule has 1 aliphatic rings. The van der Waals surface area contributed by atoms with E-state index in [1.807, 2.05) is 42.6 Å². The fourth-order valence-electron chi connectivity index (χ4n) is 4.54. The minimum Gasteiger partial charge on any atom is -0.327 e. The molecule has 6 nitrogen and oxygen atoms in total. The first-order valence-electron chi connectivity index (χ1n) is 11.2. The topological polar surface area (TPSA) is 67.2 Å². The molecule has 1 aromatic heterocycles. The van der Waals surface area contributed by atoms with Crippen molar-refractivity contribution >= 4 is 28.5 Å². The van der Waals surface area contributed by atoms with Crippen LogP contribution in [0.5, 0.6) is 0 Å². The first kappa shape index (κ1) is 23.5. The fraction of sp³-hybridized carbons (Fsp3) is 0.192. The van der Waals surface area contributed by atoms with Crippen molar-refractivity contribution in [2.75, 3.05) is 5.32 Å². The molecule has 0 aliphatic carbocycles. The van der Waals surface area contributed by atoms with E-state index in [2.05, 4.69) is 4.98 Å². The number of carbonyl (C=O) groups excluding carboxylic acids is 2. The van der Waals surface area contributed by atoms with Gasteiger partial charge in [-0.3, -0.25) is 9.59 Å². The molecule has 0 unspecified atom stereocenters. The third-order valence-corrected chi connectivity index (χ3v) is 6.29. The van der Waals surface area contributed by atoms with E-state index < -0.39 is 59.3 Å². The van der Waals surface area contributed by atoms with Crippen LogP contribution in [0, 0.1) is 23.3 Å². The number of carbonyl (C=O) groups is 2. The number of anilines is 1. The third-order valence-electron chi connectivity index (χ3n) is 6.29. The number of nitrogens with one attached hydrogen (secondary N) is 1. The lowest BCUT2D eigenvalue weighted by atomic mass is 10.0. The second-order valence-electron chi connectivity index (χ2n) is 8.57. The normalized spacial score (nSPS) is 17.4. The van der Waals surface area contributed by atoms with Gasteiger partial charge in [0.25, 0.3) is 0 Å². The Bertz CT molecular complexity index is 1460.